The molecule has 1 aliphatic heterocycles. The normalized spacial score (nSPS) is 14.9. The van der Waals surface area contributed by atoms with E-state index in [4.69, 9.17) is 26.1 Å². The third-order valence-electron chi connectivity index (χ3n) is 5.85. The quantitative estimate of drug-likeness (QED) is 0.206. The number of anilines is 2. The number of ether oxygens (including phenoxy) is 2. The number of thioether (sulfide) groups is 1. The van der Waals surface area contributed by atoms with Crippen molar-refractivity contribution in [2.75, 3.05) is 23.4 Å². The van der Waals surface area contributed by atoms with Crippen LogP contribution in [0.4, 0.5) is 17.1 Å². The predicted molar refractivity (Wildman–Crippen MR) is 166 cm³/mol. The van der Waals surface area contributed by atoms with Crippen molar-refractivity contribution in [1.29, 1.82) is 0 Å². The SMILES string of the molecule is CCOc1cc(/C=C2\SC(=Nc3ccccc3)N(c3ccccc3)C2=O)ccc1OCC(=O)Nc1ccc(Cl)cc1. The first-order valence-corrected chi connectivity index (χ1v) is 14.1. The van der Waals surface area contributed by atoms with Crippen molar-refractivity contribution in [3.05, 3.63) is 119 Å². The van der Waals surface area contributed by atoms with Gasteiger partial charge in [0.15, 0.2) is 23.3 Å². The Morgan fingerprint density at radius 2 is 1.63 bits per heavy atom. The second kappa shape index (κ2) is 13.2. The number of aliphatic imine (C=N–C) groups is 1. The first-order chi connectivity index (χ1) is 20.0. The zero-order chi connectivity index (χ0) is 28.6. The minimum atomic E-state index is -0.319. The fraction of sp³-hybridized carbons (Fsp3) is 0.0938. The number of nitrogens with zero attached hydrogens (tertiary/aromatic N) is 2. The molecule has 1 saturated heterocycles. The molecule has 0 unspecified atom stereocenters. The lowest BCUT2D eigenvalue weighted by atomic mass is 10.1. The molecule has 0 saturated carbocycles. The van der Waals surface area contributed by atoms with E-state index in [9.17, 15) is 9.59 Å². The van der Waals surface area contributed by atoms with E-state index < -0.39 is 0 Å². The Morgan fingerprint density at radius 1 is 0.927 bits per heavy atom. The van der Waals surface area contributed by atoms with Crippen LogP contribution in [0, 0.1) is 0 Å². The third-order valence-corrected chi connectivity index (χ3v) is 7.07. The molecule has 1 aliphatic rings. The summed E-state index contributed by atoms with van der Waals surface area (Å²) in [5, 5.41) is 3.91. The number of amides is 2. The van der Waals surface area contributed by atoms with Crippen LogP contribution in [0.15, 0.2) is 113 Å². The van der Waals surface area contributed by atoms with Gasteiger partial charge in [-0.2, -0.15) is 0 Å². The highest BCUT2D eigenvalue weighted by Crippen LogP contribution is 2.38. The summed E-state index contributed by atoms with van der Waals surface area (Å²) in [6.45, 7) is 2.06. The molecule has 5 rings (SSSR count). The molecule has 1 heterocycles. The molecule has 4 aromatic carbocycles. The van der Waals surface area contributed by atoms with Crippen molar-refractivity contribution >= 4 is 63.5 Å². The van der Waals surface area contributed by atoms with Gasteiger partial charge in [-0.05, 0) is 91.0 Å². The minimum Gasteiger partial charge on any atom is -0.490 e. The van der Waals surface area contributed by atoms with Crippen LogP contribution in [0.3, 0.4) is 0 Å². The van der Waals surface area contributed by atoms with Gasteiger partial charge in [0.1, 0.15) is 0 Å². The Hall–Kier alpha value is -4.53. The summed E-state index contributed by atoms with van der Waals surface area (Å²) in [7, 11) is 0. The second-order valence-electron chi connectivity index (χ2n) is 8.80. The van der Waals surface area contributed by atoms with Gasteiger partial charge in [-0.15, -0.1) is 0 Å². The van der Waals surface area contributed by atoms with Crippen LogP contribution in [0.5, 0.6) is 11.5 Å². The van der Waals surface area contributed by atoms with Crippen LogP contribution < -0.4 is 19.7 Å². The first-order valence-electron chi connectivity index (χ1n) is 12.9. The Labute approximate surface area is 247 Å². The van der Waals surface area contributed by atoms with Crippen molar-refractivity contribution in [3.8, 4) is 11.5 Å². The van der Waals surface area contributed by atoms with Crippen LogP contribution >= 0.6 is 23.4 Å². The van der Waals surface area contributed by atoms with E-state index in [1.54, 1.807) is 47.4 Å². The van der Waals surface area contributed by atoms with E-state index in [2.05, 4.69) is 5.32 Å². The van der Waals surface area contributed by atoms with Crippen molar-refractivity contribution in [2.24, 2.45) is 4.99 Å². The average Bonchev–Trinajstić information content (AvgIpc) is 3.28. The predicted octanol–water partition coefficient (Wildman–Crippen LogP) is 7.56. The van der Waals surface area contributed by atoms with E-state index in [0.29, 0.717) is 38.9 Å². The van der Waals surface area contributed by atoms with E-state index in [1.807, 2.05) is 73.7 Å². The fourth-order valence-corrected chi connectivity index (χ4v) is 5.12. The zero-order valence-corrected chi connectivity index (χ0v) is 23.7. The number of benzene rings is 4. The van der Waals surface area contributed by atoms with Gasteiger partial charge in [-0.3, -0.25) is 14.5 Å². The summed E-state index contributed by atoms with van der Waals surface area (Å²) in [5.74, 6) is 0.394. The first kappa shape index (κ1) is 28.0. The van der Waals surface area contributed by atoms with Crippen molar-refractivity contribution in [2.45, 2.75) is 6.92 Å². The summed E-state index contributed by atoms with van der Waals surface area (Å²) >= 11 is 7.21. The maximum absolute atomic E-state index is 13.6. The lowest BCUT2D eigenvalue weighted by Gasteiger charge is -2.15. The number of amidine groups is 1. The van der Waals surface area contributed by atoms with Crippen LogP contribution in [0.1, 0.15) is 12.5 Å². The lowest BCUT2D eigenvalue weighted by Crippen LogP contribution is -2.28. The van der Waals surface area contributed by atoms with E-state index in [1.165, 1.54) is 11.8 Å². The van der Waals surface area contributed by atoms with Crippen LogP contribution in [0.2, 0.25) is 5.02 Å². The van der Waals surface area contributed by atoms with Crippen LogP contribution in [-0.4, -0.2) is 30.2 Å². The van der Waals surface area contributed by atoms with Gasteiger partial charge in [0.2, 0.25) is 0 Å². The summed E-state index contributed by atoms with van der Waals surface area (Å²) < 4.78 is 11.6. The van der Waals surface area contributed by atoms with Crippen molar-refractivity contribution < 1.29 is 19.1 Å². The summed E-state index contributed by atoms with van der Waals surface area (Å²) in [6.07, 6.45) is 1.80. The molecular weight excluding hydrogens is 558 g/mol. The van der Waals surface area contributed by atoms with Crippen molar-refractivity contribution in [3.63, 3.8) is 0 Å². The Balaban J connectivity index is 1.36. The van der Waals surface area contributed by atoms with Crippen molar-refractivity contribution in [1.82, 2.24) is 0 Å². The minimum absolute atomic E-state index is 0.173. The van der Waals surface area contributed by atoms with Gasteiger partial charge in [-0.1, -0.05) is 54.1 Å². The number of hydrogen-bond donors (Lipinski definition) is 1. The third kappa shape index (κ3) is 7.16. The summed E-state index contributed by atoms with van der Waals surface area (Å²) in [4.78, 5) is 32.9. The summed E-state index contributed by atoms with van der Waals surface area (Å²) in [6, 6.07) is 31.1. The van der Waals surface area contributed by atoms with E-state index in [-0.39, 0.29) is 18.4 Å². The Bertz CT molecular complexity index is 1590. The highest BCUT2D eigenvalue weighted by molar-refractivity contribution is 8.19. The molecule has 1 fully saturated rings. The van der Waals surface area contributed by atoms with Gasteiger partial charge in [0.05, 0.1) is 22.9 Å². The molecule has 41 heavy (non-hydrogen) atoms. The van der Waals surface area contributed by atoms with Gasteiger partial charge in [-0.25, -0.2) is 4.99 Å². The molecule has 0 atom stereocenters. The molecule has 1 N–H and O–H groups in total. The molecule has 4 aromatic rings. The van der Waals surface area contributed by atoms with Crippen LogP contribution in [-0.2, 0) is 9.59 Å². The maximum atomic E-state index is 13.6. The smallest absolute Gasteiger partial charge is 0.271 e. The molecule has 2 amide bonds. The number of para-hydroxylation sites is 2. The molecule has 9 heteroatoms. The molecular formula is C32H26ClN3O4S. The second-order valence-corrected chi connectivity index (χ2v) is 10.2. The Kier molecular flexibility index (Phi) is 9.03. The number of nitrogens with one attached hydrogen (secondary N) is 1. The maximum Gasteiger partial charge on any atom is 0.271 e. The van der Waals surface area contributed by atoms with Crippen LogP contribution in [0.25, 0.3) is 6.08 Å². The van der Waals surface area contributed by atoms with Gasteiger partial charge >= 0.3 is 0 Å². The zero-order valence-electron chi connectivity index (χ0n) is 22.1. The molecule has 0 bridgehead atoms. The molecule has 0 radical (unpaired) electrons. The highest BCUT2D eigenvalue weighted by atomic mass is 35.5. The van der Waals surface area contributed by atoms with E-state index >= 15 is 0 Å². The van der Waals surface area contributed by atoms with Gasteiger partial charge in [0, 0.05) is 10.7 Å². The topological polar surface area (TPSA) is 80.2 Å². The van der Waals surface area contributed by atoms with E-state index in [0.717, 1.165) is 16.9 Å². The number of rotatable bonds is 9. The Morgan fingerprint density at radius 3 is 2.34 bits per heavy atom. The molecule has 7 nitrogen and oxygen atoms in total. The monoisotopic (exact) mass is 583 g/mol. The number of hydrogen-bond acceptors (Lipinski definition) is 6. The molecule has 0 aromatic heterocycles. The largest absolute Gasteiger partial charge is 0.490 e. The van der Waals surface area contributed by atoms with Gasteiger partial charge in [0.25, 0.3) is 11.8 Å². The molecule has 0 spiro atoms. The standard InChI is InChI=1S/C32H26ClN3O4S/c1-2-39-28-19-22(13-18-27(28)40-21-30(37)34-25-16-14-23(33)15-17-25)20-29-31(38)36(26-11-7-4-8-12-26)32(41-29)35-24-9-5-3-6-10-24/h3-20H,2,21H2,1H3,(H,34,37)/b29-20-,35-32?. The number of carbonyl (C=O) groups is 2. The van der Waals surface area contributed by atoms with Gasteiger partial charge < -0.3 is 14.8 Å². The number of carbonyl (C=O) groups excluding carboxylic acids is 2. The summed E-state index contributed by atoms with van der Waals surface area (Å²) in [5.41, 5.74) is 2.86. The highest BCUT2D eigenvalue weighted by Gasteiger charge is 2.34. The lowest BCUT2D eigenvalue weighted by molar-refractivity contribution is -0.118. The molecule has 0 aliphatic carbocycles. The number of halogens is 1. The fourth-order valence-electron chi connectivity index (χ4n) is 3.99. The average molecular weight is 584 g/mol. The molecule has 206 valence electrons.